The first-order valence-electron chi connectivity index (χ1n) is 7.82. The summed E-state index contributed by atoms with van der Waals surface area (Å²) in [6, 6.07) is 16.4. The Morgan fingerprint density at radius 3 is 2.74 bits per heavy atom. The second-order valence-corrected chi connectivity index (χ2v) is 5.57. The van der Waals surface area contributed by atoms with Crippen molar-refractivity contribution in [3.8, 4) is 11.5 Å². The number of aromatic nitrogens is 1. The van der Waals surface area contributed by atoms with Crippen LogP contribution in [0.1, 0.15) is 11.1 Å². The highest BCUT2D eigenvalue weighted by Crippen LogP contribution is 2.30. The zero-order valence-corrected chi connectivity index (χ0v) is 12.8. The van der Waals surface area contributed by atoms with E-state index in [-0.39, 0.29) is 0 Å². The van der Waals surface area contributed by atoms with Crippen LogP contribution in [0.3, 0.4) is 0 Å². The number of nitrogens with zero attached hydrogens (tertiary/aromatic N) is 1. The lowest BCUT2D eigenvalue weighted by Crippen LogP contribution is -2.16. The van der Waals surface area contributed by atoms with Crippen LogP contribution in [0.4, 0.5) is 0 Å². The van der Waals surface area contributed by atoms with Gasteiger partial charge in [0, 0.05) is 24.7 Å². The quantitative estimate of drug-likeness (QED) is 0.803. The van der Waals surface area contributed by atoms with Gasteiger partial charge in [0.25, 0.3) is 0 Å². The second-order valence-electron chi connectivity index (χ2n) is 5.57. The predicted octanol–water partition coefficient (Wildman–Crippen LogP) is 3.30. The Kier molecular flexibility index (Phi) is 3.82. The molecule has 0 bridgehead atoms. The number of ether oxygens (including phenoxy) is 2. The lowest BCUT2D eigenvalue weighted by atomic mass is 10.1. The molecule has 0 saturated carbocycles. The highest BCUT2D eigenvalue weighted by atomic mass is 16.6. The van der Waals surface area contributed by atoms with Crippen molar-refractivity contribution in [3.05, 3.63) is 65.9 Å². The third-order valence-electron chi connectivity index (χ3n) is 3.97. The number of hydrogen-bond donors (Lipinski definition) is 1. The van der Waals surface area contributed by atoms with Gasteiger partial charge in [-0.05, 0) is 29.3 Å². The number of benzene rings is 2. The predicted molar refractivity (Wildman–Crippen MR) is 89.7 cm³/mol. The number of nitrogens with one attached hydrogen (secondary N) is 1. The first kappa shape index (κ1) is 14.0. The molecule has 1 aromatic heterocycles. The summed E-state index contributed by atoms with van der Waals surface area (Å²) in [6.07, 6.45) is 1.84. The van der Waals surface area contributed by atoms with Gasteiger partial charge in [0.2, 0.25) is 0 Å². The minimum absolute atomic E-state index is 0.617. The van der Waals surface area contributed by atoms with Gasteiger partial charge in [0.15, 0.2) is 11.5 Å². The van der Waals surface area contributed by atoms with Crippen molar-refractivity contribution >= 4 is 10.9 Å². The molecule has 0 atom stereocenters. The van der Waals surface area contributed by atoms with Crippen LogP contribution in [0.15, 0.2) is 54.7 Å². The van der Waals surface area contributed by atoms with E-state index in [9.17, 15) is 0 Å². The monoisotopic (exact) mass is 306 g/mol. The van der Waals surface area contributed by atoms with Crippen LogP contribution in [0.25, 0.3) is 10.9 Å². The van der Waals surface area contributed by atoms with Crippen molar-refractivity contribution in [2.75, 3.05) is 13.2 Å². The van der Waals surface area contributed by atoms with Crippen molar-refractivity contribution < 1.29 is 9.47 Å². The number of pyridine rings is 1. The summed E-state index contributed by atoms with van der Waals surface area (Å²) in [5.74, 6) is 1.67. The van der Waals surface area contributed by atoms with Gasteiger partial charge in [-0.3, -0.25) is 4.98 Å². The highest BCUT2D eigenvalue weighted by molar-refractivity contribution is 5.81. The molecule has 4 nitrogen and oxygen atoms in total. The highest BCUT2D eigenvalue weighted by Gasteiger charge is 2.11. The molecule has 0 unspecified atom stereocenters. The van der Waals surface area contributed by atoms with Crippen LogP contribution < -0.4 is 14.8 Å². The van der Waals surface area contributed by atoms with Gasteiger partial charge in [0.1, 0.15) is 13.2 Å². The Labute approximate surface area is 135 Å². The maximum Gasteiger partial charge on any atom is 0.161 e. The molecule has 3 aromatic rings. The number of hydrogen-bond acceptors (Lipinski definition) is 4. The molecule has 0 aliphatic carbocycles. The first-order valence-corrected chi connectivity index (χ1v) is 7.82. The first-order chi connectivity index (χ1) is 11.4. The van der Waals surface area contributed by atoms with E-state index in [1.165, 1.54) is 16.5 Å². The zero-order chi connectivity index (χ0) is 15.5. The molecule has 2 heterocycles. The second kappa shape index (κ2) is 6.26. The zero-order valence-electron chi connectivity index (χ0n) is 12.8. The van der Waals surface area contributed by atoms with Gasteiger partial charge >= 0.3 is 0 Å². The summed E-state index contributed by atoms with van der Waals surface area (Å²) in [7, 11) is 0. The molecule has 4 heteroatoms. The molecular formula is C19H18N2O2. The average Bonchev–Trinajstić information content (AvgIpc) is 2.62. The van der Waals surface area contributed by atoms with Crippen LogP contribution in [-0.4, -0.2) is 18.2 Å². The molecule has 1 aliphatic rings. The molecule has 4 rings (SSSR count). The fourth-order valence-electron chi connectivity index (χ4n) is 2.85. The smallest absolute Gasteiger partial charge is 0.161 e. The normalized spacial score (nSPS) is 13.2. The molecule has 2 aromatic carbocycles. The van der Waals surface area contributed by atoms with Crippen LogP contribution in [0, 0.1) is 0 Å². The maximum absolute atomic E-state index is 5.62. The molecule has 0 fully saturated rings. The van der Waals surface area contributed by atoms with Crippen molar-refractivity contribution in [1.29, 1.82) is 0 Å². The van der Waals surface area contributed by atoms with Crippen molar-refractivity contribution in [1.82, 2.24) is 10.3 Å². The Morgan fingerprint density at radius 2 is 1.78 bits per heavy atom. The van der Waals surface area contributed by atoms with E-state index in [0.717, 1.165) is 30.1 Å². The molecule has 116 valence electrons. The standard InChI is InChI=1S/C19H18N2O2/c1-3-15-5-2-8-21-19(15)16(4-1)13-20-12-14-6-7-17-18(11-14)23-10-9-22-17/h1-8,11,20H,9-10,12-13H2. The van der Waals surface area contributed by atoms with Gasteiger partial charge in [-0.1, -0.05) is 30.3 Å². The van der Waals surface area contributed by atoms with Gasteiger partial charge in [-0.25, -0.2) is 0 Å². The summed E-state index contributed by atoms with van der Waals surface area (Å²) in [4.78, 5) is 4.49. The molecule has 0 amide bonds. The van der Waals surface area contributed by atoms with Gasteiger partial charge in [-0.15, -0.1) is 0 Å². The van der Waals surface area contributed by atoms with Gasteiger partial charge < -0.3 is 14.8 Å². The third kappa shape index (κ3) is 2.98. The lowest BCUT2D eigenvalue weighted by Gasteiger charge is -2.19. The average molecular weight is 306 g/mol. The van der Waals surface area contributed by atoms with E-state index in [2.05, 4.69) is 40.6 Å². The minimum atomic E-state index is 0.617. The molecule has 0 spiro atoms. The minimum Gasteiger partial charge on any atom is -0.486 e. The maximum atomic E-state index is 5.62. The topological polar surface area (TPSA) is 43.4 Å². The van der Waals surface area contributed by atoms with Crippen molar-refractivity contribution in [2.45, 2.75) is 13.1 Å². The van der Waals surface area contributed by atoms with E-state index in [4.69, 9.17) is 9.47 Å². The van der Waals surface area contributed by atoms with Crippen molar-refractivity contribution in [3.63, 3.8) is 0 Å². The Balaban J connectivity index is 1.45. The summed E-state index contributed by atoms with van der Waals surface area (Å²) in [6.45, 7) is 2.80. The Bertz CT molecular complexity index is 827. The Hall–Kier alpha value is -2.59. The summed E-state index contributed by atoms with van der Waals surface area (Å²) in [5, 5.41) is 4.65. The molecular weight excluding hydrogens is 288 g/mol. The van der Waals surface area contributed by atoms with Crippen LogP contribution in [0.5, 0.6) is 11.5 Å². The molecule has 1 N–H and O–H groups in total. The van der Waals surface area contributed by atoms with E-state index in [1.807, 2.05) is 24.4 Å². The molecule has 0 saturated heterocycles. The summed E-state index contributed by atoms with van der Waals surface area (Å²) in [5.41, 5.74) is 3.45. The Morgan fingerprint density at radius 1 is 0.913 bits per heavy atom. The van der Waals surface area contributed by atoms with Gasteiger partial charge in [0.05, 0.1) is 5.52 Å². The van der Waals surface area contributed by atoms with Crippen LogP contribution in [0.2, 0.25) is 0 Å². The van der Waals surface area contributed by atoms with Crippen LogP contribution in [-0.2, 0) is 13.1 Å². The summed E-state index contributed by atoms with van der Waals surface area (Å²) < 4.78 is 11.2. The van der Waals surface area contributed by atoms with E-state index < -0.39 is 0 Å². The fraction of sp³-hybridized carbons (Fsp3) is 0.211. The van der Waals surface area contributed by atoms with Gasteiger partial charge in [-0.2, -0.15) is 0 Å². The molecule has 1 aliphatic heterocycles. The molecule has 0 radical (unpaired) electrons. The SMILES string of the molecule is c1cnc2c(CNCc3ccc4c(c3)OCCO4)cccc2c1. The van der Waals surface area contributed by atoms with Crippen molar-refractivity contribution in [2.24, 2.45) is 0 Å². The lowest BCUT2D eigenvalue weighted by molar-refractivity contribution is 0.171. The van der Waals surface area contributed by atoms with Crippen LogP contribution >= 0.6 is 0 Å². The number of para-hydroxylation sites is 1. The van der Waals surface area contributed by atoms with E-state index in [1.54, 1.807) is 0 Å². The number of rotatable bonds is 4. The number of fused-ring (bicyclic) bond motifs is 2. The molecule has 23 heavy (non-hydrogen) atoms. The van der Waals surface area contributed by atoms with E-state index in [0.29, 0.717) is 13.2 Å². The largest absolute Gasteiger partial charge is 0.486 e. The van der Waals surface area contributed by atoms with E-state index >= 15 is 0 Å². The summed E-state index contributed by atoms with van der Waals surface area (Å²) >= 11 is 0. The third-order valence-corrected chi connectivity index (χ3v) is 3.97. The fourth-order valence-corrected chi connectivity index (χ4v) is 2.85.